The smallest absolute Gasteiger partial charge is 0.0978 e. The average Bonchev–Trinajstić information content (AvgIpc) is 3.13. The predicted molar refractivity (Wildman–Crippen MR) is 191 cm³/mol. The van der Waals surface area contributed by atoms with E-state index in [0.29, 0.717) is 0 Å². The Kier molecular flexibility index (Phi) is 5.25. The van der Waals surface area contributed by atoms with Gasteiger partial charge < -0.3 is 0 Å². The fourth-order valence-corrected chi connectivity index (χ4v) is 7.20. The molecule has 4 heterocycles. The molecular weight excluding hydrogens is 560 g/mol. The molecule has 0 aliphatic carbocycles. The highest BCUT2D eigenvalue weighted by Gasteiger charge is 2.15. The third-order valence-corrected chi connectivity index (χ3v) is 9.34. The van der Waals surface area contributed by atoms with E-state index >= 15 is 0 Å². The number of pyridine rings is 4. The van der Waals surface area contributed by atoms with E-state index in [2.05, 4.69) is 120 Å². The number of hydrogen-bond acceptors (Lipinski definition) is 4. The van der Waals surface area contributed by atoms with Crippen molar-refractivity contribution in [1.82, 2.24) is 19.9 Å². The molecule has 0 fully saturated rings. The zero-order valence-corrected chi connectivity index (χ0v) is 24.6. The summed E-state index contributed by atoms with van der Waals surface area (Å²) in [5.74, 6) is 0. The predicted octanol–water partition coefficient (Wildman–Crippen LogP) is 10.7. The molecule has 46 heavy (non-hydrogen) atoms. The largest absolute Gasteiger partial charge is 0.254 e. The van der Waals surface area contributed by atoms with Crippen LogP contribution in [0.15, 0.2) is 146 Å². The molecule has 4 nitrogen and oxygen atoms in total. The molecule has 4 heteroatoms. The molecule has 0 radical (unpaired) electrons. The molecule has 10 aromatic rings. The Balaban J connectivity index is 1.15. The van der Waals surface area contributed by atoms with Crippen LogP contribution in [0.1, 0.15) is 0 Å². The van der Waals surface area contributed by atoms with Crippen LogP contribution in [0.5, 0.6) is 0 Å². The molecule has 10 rings (SSSR count). The lowest BCUT2D eigenvalue weighted by atomic mass is 9.91. The average molecular weight is 585 g/mol. The van der Waals surface area contributed by atoms with Gasteiger partial charge in [-0.15, -0.1) is 0 Å². The fraction of sp³-hybridized carbons (Fsp3) is 0. The fourth-order valence-electron chi connectivity index (χ4n) is 7.20. The summed E-state index contributed by atoms with van der Waals surface area (Å²) >= 11 is 0. The SMILES string of the molecule is c1cnc2c(c1)ccc1c(-c3ccc4c(ccc5cc(-c6c7ccccc7nc7c6ccc6cccnc67)ccc54)c3)ccnc12. The van der Waals surface area contributed by atoms with E-state index in [4.69, 9.17) is 15.0 Å². The molecular formula is C42H24N4. The van der Waals surface area contributed by atoms with E-state index < -0.39 is 0 Å². The Morgan fingerprint density at radius 3 is 1.74 bits per heavy atom. The van der Waals surface area contributed by atoms with E-state index in [1.807, 2.05) is 30.7 Å². The summed E-state index contributed by atoms with van der Waals surface area (Å²) in [7, 11) is 0. The van der Waals surface area contributed by atoms with Crippen LogP contribution in [0, 0.1) is 0 Å². The van der Waals surface area contributed by atoms with E-state index in [0.717, 1.165) is 60.1 Å². The third-order valence-electron chi connectivity index (χ3n) is 9.34. The quantitative estimate of drug-likeness (QED) is 0.150. The Bertz CT molecular complexity index is 2870. The highest BCUT2D eigenvalue weighted by atomic mass is 14.7. The number of aromatic nitrogens is 4. The van der Waals surface area contributed by atoms with Crippen molar-refractivity contribution in [2.75, 3.05) is 0 Å². The van der Waals surface area contributed by atoms with Crippen molar-refractivity contribution in [2.24, 2.45) is 0 Å². The van der Waals surface area contributed by atoms with Crippen LogP contribution in [0.2, 0.25) is 0 Å². The van der Waals surface area contributed by atoms with Gasteiger partial charge in [-0.3, -0.25) is 15.0 Å². The van der Waals surface area contributed by atoms with Crippen LogP contribution < -0.4 is 0 Å². The Morgan fingerprint density at radius 2 is 0.957 bits per heavy atom. The highest BCUT2D eigenvalue weighted by Crippen LogP contribution is 2.40. The number of benzene rings is 6. The van der Waals surface area contributed by atoms with Gasteiger partial charge in [0.2, 0.25) is 0 Å². The second-order valence-corrected chi connectivity index (χ2v) is 11.9. The standard InChI is InChI=1S/C42H24N4/c1-2-8-37-35(7-1)38(36-18-12-26-6-4-21-44-40(26)42(36)46-37)30-14-16-32-28(24-30)10-9-27-23-29(13-15-31(27)32)33-19-22-45-41-34(33)17-11-25-5-3-20-43-39(25)41/h1-24H. The van der Waals surface area contributed by atoms with Crippen molar-refractivity contribution in [3.8, 4) is 22.3 Å². The Labute approximate surface area is 263 Å². The molecule has 0 unspecified atom stereocenters. The normalized spacial score (nSPS) is 11.9. The second-order valence-electron chi connectivity index (χ2n) is 11.9. The minimum Gasteiger partial charge on any atom is -0.254 e. The summed E-state index contributed by atoms with van der Waals surface area (Å²) in [6.45, 7) is 0. The summed E-state index contributed by atoms with van der Waals surface area (Å²) < 4.78 is 0. The number of nitrogens with zero attached hydrogens (tertiary/aromatic N) is 4. The van der Waals surface area contributed by atoms with Gasteiger partial charge in [-0.1, -0.05) is 91.0 Å². The van der Waals surface area contributed by atoms with Crippen LogP contribution in [0.4, 0.5) is 0 Å². The maximum Gasteiger partial charge on any atom is 0.0978 e. The van der Waals surface area contributed by atoms with Crippen LogP contribution in [-0.2, 0) is 0 Å². The molecule has 0 amide bonds. The number of rotatable bonds is 2. The lowest BCUT2D eigenvalue weighted by Crippen LogP contribution is -1.92. The zero-order chi connectivity index (χ0) is 30.2. The van der Waals surface area contributed by atoms with E-state index in [1.165, 1.54) is 38.2 Å². The van der Waals surface area contributed by atoms with E-state index in [9.17, 15) is 0 Å². The van der Waals surface area contributed by atoms with Crippen LogP contribution in [-0.4, -0.2) is 19.9 Å². The molecule has 0 N–H and O–H groups in total. The molecule has 0 saturated heterocycles. The molecule has 0 bridgehead atoms. The first-order chi connectivity index (χ1) is 22.8. The van der Waals surface area contributed by atoms with E-state index in [-0.39, 0.29) is 0 Å². The Morgan fingerprint density at radius 1 is 0.348 bits per heavy atom. The lowest BCUT2D eigenvalue weighted by molar-refractivity contribution is 1.37. The van der Waals surface area contributed by atoms with Crippen molar-refractivity contribution in [3.63, 3.8) is 0 Å². The molecule has 0 saturated carbocycles. The number of hydrogen-bond donors (Lipinski definition) is 0. The van der Waals surface area contributed by atoms with Crippen LogP contribution in [0.25, 0.3) is 98.3 Å². The highest BCUT2D eigenvalue weighted by molar-refractivity contribution is 6.18. The second kappa shape index (κ2) is 9.62. The summed E-state index contributed by atoms with van der Waals surface area (Å²) in [6, 6.07) is 45.4. The van der Waals surface area contributed by atoms with Gasteiger partial charge in [0.15, 0.2) is 0 Å². The monoisotopic (exact) mass is 584 g/mol. The van der Waals surface area contributed by atoms with Crippen molar-refractivity contribution >= 4 is 76.1 Å². The third kappa shape index (κ3) is 3.67. The van der Waals surface area contributed by atoms with Gasteiger partial charge >= 0.3 is 0 Å². The summed E-state index contributed by atoms with van der Waals surface area (Å²) in [4.78, 5) is 19.2. The van der Waals surface area contributed by atoms with Crippen LogP contribution in [0.3, 0.4) is 0 Å². The summed E-state index contributed by atoms with van der Waals surface area (Å²) in [5, 5.41) is 10.4. The first-order valence-electron chi connectivity index (χ1n) is 15.5. The van der Waals surface area contributed by atoms with Gasteiger partial charge in [-0.25, -0.2) is 4.98 Å². The van der Waals surface area contributed by atoms with Gasteiger partial charge in [0, 0.05) is 51.1 Å². The van der Waals surface area contributed by atoms with Crippen LogP contribution >= 0.6 is 0 Å². The molecule has 212 valence electrons. The van der Waals surface area contributed by atoms with Gasteiger partial charge in [0.25, 0.3) is 0 Å². The molecule has 6 aromatic carbocycles. The molecule has 0 atom stereocenters. The van der Waals surface area contributed by atoms with Crippen molar-refractivity contribution < 1.29 is 0 Å². The van der Waals surface area contributed by atoms with Gasteiger partial charge in [-0.05, 0) is 74.6 Å². The van der Waals surface area contributed by atoms with Gasteiger partial charge in [-0.2, -0.15) is 0 Å². The minimum atomic E-state index is 0.931. The lowest BCUT2D eigenvalue weighted by Gasteiger charge is -2.14. The maximum absolute atomic E-state index is 5.09. The Hall–Kier alpha value is -6.26. The first kappa shape index (κ1) is 25.1. The van der Waals surface area contributed by atoms with Crippen molar-refractivity contribution in [2.45, 2.75) is 0 Å². The molecule has 0 aliphatic rings. The van der Waals surface area contributed by atoms with Crippen molar-refractivity contribution in [1.29, 1.82) is 0 Å². The maximum atomic E-state index is 5.09. The first-order valence-corrected chi connectivity index (χ1v) is 15.5. The van der Waals surface area contributed by atoms with E-state index in [1.54, 1.807) is 0 Å². The van der Waals surface area contributed by atoms with Gasteiger partial charge in [0.05, 0.1) is 27.6 Å². The van der Waals surface area contributed by atoms with Gasteiger partial charge in [0.1, 0.15) is 0 Å². The van der Waals surface area contributed by atoms with Crippen molar-refractivity contribution in [3.05, 3.63) is 146 Å². The molecule has 0 aliphatic heterocycles. The number of fused-ring (bicyclic) bond motifs is 10. The minimum absolute atomic E-state index is 0.931. The number of para-hydroxylation sites is 1. The zero-order valence-electron chi connectivity index (χ0n) is 24.6. The molecule has 0 spiro atoms. The summed E-state index contributed by atoms with van der Waals surface area (Å²) in [6.07, 6.45) is 5.58. The summed E-state index contributed by atoms with van der Waals surface area (Å²) in [5.41, 5.74) is 9.40. The topological polar surface area (TPSA) is 51.6 Å². The molecule has 4 aromatic heterocycles.